The number of hydrogen-bond acceptors (Lipinski definition) is 11. The van der Waals surface area contributed by atoms with E-state index in [2.05, 4.69) is 9.80 Å². The quantitative estimate of drug-likeness (QED) is 0.126. The van der Waals surface area contributed by atoms with E-state index in [-0.39, 0.29) is 29.3 Å². The third-order valence-electron chi connectivity index (χ3n) is 10.8. The lowest BCUT2D eigenvalue weighted by Crippen LogP contribution is -2.26. The summed E-state index contributed by atoms with van der Waals surface area (Å²) in [5.74, 6) is -0.667. The van der Waals surface area contributed by atoms with Crippen molar-refractivity contribution in [3.63, 3.8) is 0 Å². The molecule has 4 heterocycles. The minimum absolute atomic E-state index is 0.0979. The fourth-order valence-electron chi connectivity index (χ4n) is 8.14. The van der Waals surface area contributed by atoms with Crippen LogP contribution in [0.15, 0.2) is 53.1 Å². The summed E-state index contributed by atoms with van der Waals surface area (Å²) < 4.78 is 11.8. The number of oxazole rings is 1. The van der Waals surface area contributed by atoms with E-state index in [0.29, 0.717) is 84.4 Å². The fourth-order valence-corrected chi connectivity index (χ4v) is 8.45. The van der Waals surface area contributed by atoms with E-state index in [1.807, 2.05) is 43.3 Å². The number of rotatable bonds is 9. The Labute approximate surface area is 304 Å². The smallest absolute Gasteiger partial charge is 0.317 e. The number of likely N-dealkylation sites (tertiary alicyclic amines) is 2. The Bertz CT molecular complexity index is 2240. The van der Waals surface area contributed by atoms with Crippen LogP contribution in [-0.2, 0) is 17.8 Å². The van der Waals surface area contributed by atoms with Crippen LogP contribution >= 0.6 is 11.6 Å². The zero-order valence-corrected chi connectivity index (χ0v) is 29.5. The second-order valence-electron chi connectivity index (χ2n) is 13.8. The number of β-amino-alcohol motifs (C(OH)–C–C–N with tert-alkyl or cyclic N) is 1. The summed E-state index contributed by atoms with van der Waals surface area (Å²) in [6, 6.07) is 13.1. The summed E-state index contributed by atoms with van der Waals surface area (Å²) in [4.78, 5) is 42.2. The summed E-state index contributed by atoms with van der Waals surface area (Å²) in [5, 5.41) is 32.4. The first-order valence-electron chi connectivity index (χ1n) is 17.4. The van der Waals surface area contributed by atoms with Gasteiger partial charge in [0, 0.05) is 48.9 Å². The molecule has 14 heteroatoms. The molecule has 268 valence electrons. The van der Waals surface area contributed by atoms with Gasteiger partial charge >= 0.3 is 11.7 Å². The highest BCUT2D eigenvalue weighted by Crippen LogP contribution is 2.47. The van der Waals surface area contributed by atoms with Crippen LogP contribution in [-0.4, -0.2) is 85.3 Å². The van der Waals surface area contributed by atoms with Crippen molar-refractivity contribution in [2.75, 3.05) is 33.3 Å². The molecular weight excluding hydrogens is 688 g/mol. The lowest BCUT2D eigenvalue weighted by atomic mass is 9.94. The minimum Gasteiger partial charge on any atom is -0.481 e. The van der Waals surface area contributed by atoms with Gasteiger partial charge in [-0.2, -0.15) is 0 Å². The number of benzene rings is 3. The molecule has 2 aromatic heterocycles. The number of aliphatic hydroxyl groups is 1. The molecule has 2 N–H and O–H groups in total. The molecule has 2 aliphatic heterocycles. The number of aromatic nitrogens is 3. The molecule has 52 heavy (non-hydrogen) atoms. The Morgan fingerprint density at radius 2 is 1.85 bits per heavy atom. The average Bonchev–Trinajstić information content (AvgIpc) is 3.94. The molecule has 0 radical (unpaired) electrons. The van der Waals surface area contributed by atoms with E-state index in [1.54, 1.807) is 19.4 Å². The number of nitro groups is 1. The van der Waals surface area contributed by atoms with Gasteiger partial charge in [0.15, 0.2) is 0 Å². The molecule has 0 unspecified atom stereocenters. The number of ether oxygens (including phenoxy) is 1. The zero-order valence-electron chi connectivity index (χ0n) is 28.7. The van der Waals surface area contributed by atoms with Crippen molar-refractivity contribution in [2.24, 2.45) is 5.92 Å². The van der Waals surface area contributed by atoms with Crippen LogP contribution in [0.25, 0.3) is 44.9 Å². The van der Waals surface area contributed by atoms with Gasteiger partial charge in [-0.25, -0.2) is 9.97 Å². The molecule has 13 nitrogen and oxygen atoms in total. The van der Waals surface area contributed by atoms with Crippen molar-refractivity contribution >= 4 is 34.4 Å². The maximum atomic E-state index is 12.5. The van der Waals surface area contributed by atoms with Gasteiger partial charge in [-0.15, -0.1) is 0 Å². The van der Waals surface area contributed by atoms with Gasteiger partial charge in [0.05, 0.1) is 46.5 Å². The third-order valence-corrected chi connectivity index (χ3v) is 11.2. The summed E-state index contributed by atoms with van der Waals surface area (Å²) in [5.41, 5.74) is 6.95. The number of nitro benzene ring substituents is 1. The van der Waals surface area contributed by atoms with E-state index in [0.717, 1.165) is 40.8 Å². The zero-order chi connectivity index (χ0) is 36.3. The highest BCUT2D eigenvalue weighted by molar-refractivity contribution is 6.36. The molecule has 5 aromatic rings. The summed E-state index contributed by atoms with van der Waals surface area (Å²) >= 11 is 7.13. The molecule has 3 aliphatic rings. The number of aliphatic hydroxyl groups excluding tert-OH is 1. The van der Waals surface area contributed by atoms with Gasteiger partial charge in [0.2, 0.25) is 17.4 Å². The molecular formula is C38H37ClN6O7. The Morgan fingerprint density at radius 3 is 2.56 bits per heavy atom. The number of nitrogens with zero attached hydrogens (tertiary/aromatic N) is 6. The van der Waals surface area contributed by atoms with Crippen LogP contribution < -0.4 is 4.74 Å². The molecule has 0 amide bonds. The first-order valence-corrected chi connectivity index (χ1v) is 17.8. The predicted octanol–water partition coefficient (Wildman–Crippen LogP) is 6.46. The summed E-state index contributed by atoms with van der Waals surface area (Å²) in [7, 11) is 1.57. The molecule has 0 saturated carbocycles. The highest BCUT2D eigenvalue weighted by atomic mass is 35.5. The van der Waals surface area contributed by atoms with Crippen LogP contribution in [0.4, 0.5) is 5.69 Å². The number of carboxylic acids is 1. The molecule has 0 spiro atoms. The topological polar surface area (TPSA) is 168 Å². The first kappa shape index (κ1) is 34.2. The number of carboxylic acid groups (broad SMARTS) is 1. The van der Waals surface area contributed by atoms with Crippen molar-refractivity contribution in [1.82, 2.24) is 24.8 Å². The monoisotopic (exact) mass is 724 g/mol. The van der Waals surface area contributed by atoms with Gasteiger partial charge in [-0.3, -0.25) is 29.7 Å². The Hall–Kier alpha value is -4.95. The summed E-state index contributed by atoms with van der Waals surface area (Å²) in [6.45, 7) is 4.92. The largest absolute Gasteiger partial charge is 0.481 e. The van der Waals surface area contributed by atoms with E-state index in [4.69, 9.17) is 35.7 Å². The van der Waals surface area contributed by atoms with Crippen LogP contribution in [0.2, 0.25) is 5.02 Å². The van der Waals surface area contributed by atoms with Crippen LogP contribution in [0, 0.1) is 23.0 Å². The number of halogens is 1. The van der Waals surface area contributed by atoms with E-state index >= 15 is 0 Å². The van der Waals surface area contributed by atoms with Crippen LogP contribution in [0.1, 0.15) is 47.7 Å². The van der Waals surface area contributed by atoms with Crippen molar-refractivity contribution < 1.29 is 29.1 Å². The lowest BCUT2D eigenvalue weighted by Gasteiger charge is -2.24. The first-order chi connectivity index (χ1) is 25.1. The number of aliphatic carboxylic acids is 1. The van der Waals surface area contributed by atoms with E-state index in [9.17, 15) is 25.1 Å². The number of methoxy groups -OCH3 is 1. The maximum Gasteiger partial charge on any atom is 0.317 e. The molecule has 8 rings (SSSR count). The Morgan fingerprint density at radius 1 is 1.08 bits per heavy atom. The standard InChI is InChI=1S/C38H37ClN6O7/c1-20-23(5-3-6-24(20)30-16-40-31(37(42-30)51-2)19-43-13-12-22(46)18-43)25-7-4-8-27(33(25)39)36-41-29-15-28-26(34(45(49)50)35(29)52-36)9-10-32(28)44-14-11-21(17-44)38(47)48/h3-8,15-16,21-22,32,46H,9-14,17-19H2,1-2H3,(H,47,48)/t21-,22-,32-/m1/s1. The van der Waals surface area contributed by atoms with Gasteiger partial charge in [0.25, 0.3) is 0 Å². The maximum absolute atomic E-state index is 12.5. The Balaban J connectivity index is 1.13. The van der Waals surface area contributed by atoms with Crippen molar-refractivity contribution in [2.45, 2.75) is 51.3 Å². The minimum atomic E-state index is -0.817. The van der Waals surface area contributed by atoms with Crippen LogP contribution in [0.3, 0.4) is 0 Å². The highest BCUT2D eigenvalue weighted by Gasteiger charge is 2.40. The fraction of sp³-hybridized carbons (Fsp3) is 0.368. The lowest BCUT2D eigenvalue weighted by molar-refractivity contribution is -0.384. The molecule has 0 bridgehead atoms. The van der Waals surface area contributed by atoms with E-state index < -0.39 is 16.8 Å². The van der Waals surface area contributed by atoms with Crippen molar-refractivity contribution in [3.05, 3.63) is 86.2 Å². The molecule has 2 saturated heterocycles. The van der Waals surface area contributed by atoms with Gasteiger partial charge in [0.1, 0.15) is 11.2 Å². The third kappa shape index (κ3) is 5.97. The SMILES string of the molecule is COc1nc(-c2cccc(-c3cccc(-c4nc5cc6c(c([N+](=O)[O-])c5o4)CC[C@H]6N4CC[C@@H](C(=O)O)C4)c3Cl)c2C)cnc1CN1CC[C@@H](O)C1. The van der Waals surface area contributed by atoms with E-state index in [1.165, 1.54) is 0 Å². The number of hydrogen-bond donors (Lipinski definition) is 2. The molecule has 2 fully saturated rings. The van der Waals surface area contributed by atoms with Crippen molar-refractivity contribution in [3.8, 4) is 39.7 Å². The van der Waals surface area contributed by atoms with Gasteiger partial charge < -0.3 is 19.4 Å². The summed E-state index contributed by atoms with van der Waals surface area (Å²) in [6.07, 6.45) is 3.84. The molecule has 3 atom stereocenters. The van der Waals surface area contributed by atoms with Gasteiger partial charge in [-0.05, 0) is 68.0 Å². The van der Waals surface area contributed by atoms with Crippen LogP contribution in [0.5, 0.6) is 5.88 Å². The number of fused-ring (bicyclic) bond motifs is 2. The average molecular weight is 725 g/mol. The molecule has 1 aliphatic carbocycles. The second kappa shape index (κ2) is 13.6. The normalized spacial score (nSPS) is 20.5. The van der Waals surface area contributed by atoms with Crippen molar-refractivity contribution in [1.29, 1.82) is 0 Å². The molecule has 3 aromatic carbocycles. The Kier molecular flexibility index (Phi) is 8.90. The second-order valence-corrected chi connectivity index (χ2v) is 14.2. The van der Waals surface area contributed by atoms with Gasteiger partial charge in [-0.1, -0.05) is 41.9 Å². The predicted molar refractivity (Wildman–Crippen MR) is 193 cm³/mol. The number of carbonyl (C=O) groups is 1.